The van der Waals surface area contributed by atoms with Crippen LogP contribution in [0.3, 0.4) is 0 Å². The highest BCUT2D eigenvalue weighted by molar-refractivity contribution is 5.85. The molecule has 0 amide bonds. The second-order valence-corrected chi connectivity index (χ2v) is 7.94. The van der Waals surface area contributed by atoms with Gasteiger partial charge >= 0.3 is 0 Å². The van der Waals surface area contributed by atoms with Gasteiger partial charge in [0.05, 0.1) is 13.2 Å². The molecule has 1 aliphatic rings. The van der Waals surface area contributed by atoms with E-state index in [1.54, 1.807) is 7.11 Å². The Labute approximate surface area is 171 Å². The van der Waals surface area contributed by atoms with Gasteiger partial charge in [-0.2, -0.15) is 0 Å². The number of hydrogen-bond donors (Lipinski definition) is 1. The van der Waals surface area contributed by atoms with Gasteiger partial charge in [-0.1, -0.05) is 60.2 Å². The molecule has 3 nitrogen and oxygen atoms in total. The summed E-state index contributed by atoms with van der Waals surface area (Å²) in [6.45, 7) is 4.12. The molecule has 1 aliphatic heterocycles. The first-order chi connectivity index (χ1) is 14.2. The van der Waals surface area contributed by atoms with Crippen LogP contribution in [0, 0.1) is 6.92 Å². The summed E-state index contributed by atoms with van der Waals surface area (Å²) in [6, 6.07) is 26.3. The largest absolute Gasteiger partial charge is 0.497 e. The van der Waals surface area contributed by atoms with E-state index in [-0.39, 0.29) is 6.04 Å². The lowest BCUT2D eigenvalue weighted by molar-refractivity contribution is 0.202. The number of rotatable bonds is 4. The Morgan fingerprint density at radius 1 is 0.966 bits per heavy atom. The topological polar surface area (TPSA) is 28.3 Å². The number of H-pyrrole nitrogens is 1. The zero-order chi connectivity index (χ0) is 19.8. The summed E-state index contributed by atoms with van der Waals surface area (Å²) in [4.78, 5) is 6.33. The lowest BCUT2D eigenvalue weighted by Gasteiger charge is -2.36. The predicted molar refractivity (Wildman–Crippen MR) is 118 cm³/mol. The van der Waals surface area contributed by atoms with Crippen molar-refractivity contribution in [2.45, 2.75) is 25.9 Å². The maximum absolute atomic E-state index is 5.39. The molecule has 1 aromatic heterocycles. The van der Waals surface area contributed by atoms with Gasteiger partial charge in [-0.15, -0.1) is 0 Å². The number of fused-ring (bicyclic) bond motifs is 3. The maximum Gasteiger partial charge on any atom is 0.118 e. The molecular weight excluding hydrogens is 356 g/mol. The number of hydrogen-bond acceptors (Lipinski definition) is 2. The maximum atomic E-state index is 5.39. The summed E-state index contributed by atoms with van der Waals surface area (Å²) in [5.74, 6) is 0.895. The van der Waals surface area contributed by atoms with Gasteiger partial charge in [0.25, 0.3) is 0 Å². The Morgan fingerprint density at radius 2 is 1.72 bits per heavy atom. The van der Waals surface area contributed by atoms with E-state index in [0.717, 1.165) is 25.3 Å². The average Bonchev–Trinajstić information content (AvgIpc) is 3.14. The molecule has 3 heteroatoms. The number of aromatic amines is 1. The van der Waals surface area contributed by atoms with Crippen LogP contribution in [0.1, 0.15) is 34.0 Å². The summed E-state index contributed by atoms with van der Waals surface area (Å²) in [5.41, 5.74) is 7.97. The van der Waals surface area contributed by atoms with Gasteiger partial charge in [-0.25, -0.2) is 0 Å². The molecule has 29 heavy (non-hydrogen) atoms. The van der Waals surface area contributed by atoms with Crippen LogP contribution in [0.4, 0.5) is 0 Å². The van der Waals surface area contributed by atoms with E-state index in [4.69, 9.17) is 4.74 Å². The lowest BCUT2D eigenvalue weighted by atomic mass is 9.92. The first kappa shape index (κ1) is 18.0. The van der Waals surface area contributed by atoms with Crippen LogP contribution in [0.25, 0.3) is 10.9 Å². The van der Waals surface area contributed by atoms with E-state index in [2.05, 4.69) is 89.6 Å². The highest BCUT2D eigenvalue weighted by atomic mass is 16.5. The van der Waals surface area contributed by atoms with Crippen LogP contribution in [0.15, 0.2) is 72.8 Å². The van der Waals surface area contributed by atoms with E-state index >= 15 is 0 Å². The molecule has 3 aromatic carbocycles. The molecule has 5 rings (SSSR count). The van der Waals surface area contributed by atoms with Crippen molar-refractivity contribution in [3.63, 3.8) is 0 Å². The number of nitrogens with one attached hydrogen (secondary N) is 1. The Kier molecular flexibility index (Phi) is 4.61. The molecule has 0 saturated heterocycles. The minimum atomic E-state index is 0.207. The van der Waals surface area contributed by atoms with Crippen LogP contribution in [-0.2, 0) is 13.0 Å². The number of methoxy groups -OCH3 is 1. The number of nitrogens with zero attached hydrogens (tertiary/aromatic N) is 1. The molecule has 0 saturated carbocycles. The second-order valence-electron chi connectivity index (χ2n) is 7.94. The standard InChI is InChI=1S/C26H26N2O/c1-18-7-9-19(10-8-18)17-28-16-15-23-22-5-3-4-6-24(22)27-25(23)26(28)20-11-13-21(29-2)14-12-20/h3-14,26-27H,15-17H2,1-2H3/t26-/m0/s1. The number of aromatic nitrogens is 1. The fourth-order valence-electron chi connectivity index (χ4n) is 4.55. The van der Waals surface area contributed by atoms with Gasteiger partial charge in [0.15, 0.2) is 0 Å². The number of ether oxygens (including phenoxy) is 1. The summed E-state index contributed by atoms with van der Waals surface area (Å²) < 4.78 is 5.39. The number of para-hydroxylation sites is 1. The molecule has 0 fully saturated rings. The summed E-state index contributed by atoms with van der Waals surface area (Å²) >= 11 is 0. The minimum absolute atomic E-state index is 0.207. The fourth-order valence-corrected chi connectivity index (χ4v) is 4.55. The number of benzene rings is 3. The van der Waals surface area contributed by atoms with Crippen molar-refractivity contribution in [3.8, 4) is 5.75 Å². The normalized spacial score (nSPS) is 16.7. The third-order valence-corrected chi connectivity index (χ3v) is 6.07. The molecule has 4 aromatic rings. The van der Waals surface area contributed by atoms with Crippen molar-refractivity contribution >= 4 is 10.9 Å². The smallest absolute Gasteiger partial charge is 0.118 e. The Hall–Kier alpha value is -3.04. The Balaban J connectivity index is 1.59. The SMILES string of the molecule is COc1ccc([C@H]2c3[nH]c4ccccc4c3CCN2Cc2ccc(C)cc2)cc1. The van der Waals surface area contributed by atoms with Crippen LogP contribution >= 0.6 is 0 Å². The van der Waals surface area contributed by atoms with Crippen molar-refractivity contribution in [3.05, 3.63) is 101 Å². The number of aryl methyl sites for hydroxylation is 1. The minimum Gasteiger partial charge on any atom is -0.497 e. The van der Waals surface area contributed by atoms with Crippen LogP contribution in [0.2, 0.25) is 0 Å². The van der Waals surface area contributed by atoms with Gasteiger partial charge < -0.3 is 9.72 Å². The van der Waals surface area contributed by atoms with Gasteiger partial charge in [-0.05, 0) is 48.2 Å². The van der Waals surface area contributed by atoms with E-state index in [1.165, 1.54) is 38.9 Å². The molecule has 2 heterocycles. The molecule has 0 unspecified atom stereocenters. The predicted octanol–water partition coefficient (Wildman–Crippen LogP) is 5.63. The van der Waals surface area contributed by atoms with Gasteiger partial charge in [0.2, 0.25) is 0 Å². The average molecular weight is 383 g/mol. The second kappa shape index (κ2) is 7.41. The van der Waals surface area contributed by atoms with E-state index < -0.39 is 0 Å². The van der Waals surface area contributed by atoms with Crippen molar-refractivity contribution in [2.75, 3.05) is 13.7 Å². The van der Waals surface area contributed by atoms with Gasteiger partial charge in [0.1, 0.15) is 5.75 Å². The molecule has 0 spiro atoms. The third kappa shape index (κ3) is 3.32. The van der Waals surface area contributed by atoms with E-state index in [9.17, 15) is 0 Å². The van der Waals surface area contributed by atoms with Gasteiger partial charge in [-0.3, -0.25) is 4.90 Å². The molecule has 0 bridgehead atoms. The first-order valence-electron chi connectivity index (χ1n) is 10.3. The first-order valence-corrected chi connectivity index (χ1v) is 10.3. The molecule has 1 atom stereocenters. The van der Waals surface area contributed by atoms with Crippen molar-refractivity contribution in [2.24, 2.45) is 0 Å². The zero-order valence-corrected chi connectivity index (χ0v) is 17.0. The van der Waals surface area contributed by atoms with Crippen LogP contribution in [0.5, 0.6) is 5.75 Å². The van der Waals surface area contributed by atoms with Crippen LogP contribution < -0.4 is 4.74 Å². The molecule has 0 aliphatic carbocycles. The van der Waals surface area contributed by atoms with Crippen molar-refractivity contribution in [1.82, 2.24) is 9.88 Å². The Morgan fingerprint density at radius 3 is 2.48 bits per heavy atom. The van der Waals surface area contributed by atoms with Crippen molar-refractivity contribution in [1.29, 1.82) is 0 Å². The fraction of sp³-hybridized carbons (Fsp3) is 0.231. The Bertz CT molecular complexity index is 1130. The summed E-state index contributed by atoms with van der Waals surface area (Å²) in [6.07, 6.45) is 1.07. The summed E-state index contributed by atoms with van der Waals surface area (Å²) in [5, 5.41) is 1.36. The molecular formula is C26H26N2O. The molecule has 146 valence electrons. The highest BCUT2D eigenvalue weighted by Gasteiger charge is 2.31. The zero-order valence-electron chi connectivity index (χ0n) is 17.0. The third-order valence-electron chi connectivity index (χ3n) is 6.07. The van der Waals surface area contributed by atoms with Crippen molar-refractivity contribution < 1.29 is 4.74 Å². The highest BCUT2D eigenvalue weighted by Crippen LogP contribution is 2.39. The van der Waals surface area contributed by atoms with E-state index in [0.29, 0.717) is 0 Å². The molecule has 0 radical (unpaired) electrons. The van der Waals surface area contributed by atoms with Crippen LogP contribution in [-0.4, -0.2) is 23.5 Å². The summed E-state index contributed by atoms with van der Waals surface area (Å²) in [7, 11) is 1.72. The monoisotopic (exact) mass is 382 g/mol. The van der Waals surface area contributed by atoms with E-state index in [1.807, 2.05) is 0 Å². The molecule has 1 N–H and O–H groups in total. The lowest BCUT2D eigenvalue weighted by Crippen LogP contribution is -2.35. The van der Waals surface area contributed by atoms with Gasteiger partial charge in [0, 0.05) is 29.7 Å². The quantitative estimate of drug-likeness (QED) is 0.495.